The Balaban J connectivity index is 1.21. The van der Waals surface area contributed by atoms with Crippen LogP contribution in [-0.4, -0.2) is 60.4 Å². The van der Waals surface area contributed by atoms with Crippen molar-refractivity contribution in [3.05, 3.63) is 71.7 Å². The number of carbonyl (C=O) groups is 1. The predicted octanol–water partition coefficient (Wildman–Crippen LogP) is 4.49. The van der Waals surface area contributed by atoms with Crippen LogP contribution in [0.15, 0.2) is 59.5 Å². The highest BCUT2D eigenvalue weighted by Gasteiger charge is 2.27. The van der Waals surface area contributed by atoms with Gasteiger partial charge in [-0.15, -0.1) is 0 Å². The molecule has 186 valence electrons. The van der Waals surface area contributed by atoms with Crippen LogP contribution in [0.3, 0.4) is 0 Å². The summed E-state index contributed by atoms with van der Waals surface area (Å²) in [5.74, 6) is -0.405. The Morgan fingerprint density at radius 2 is 1.80 bits per heavy atom. The molecule has 0 radical (unpaired) electrons. The molecule has 3 aromatic rings. The van der Waals surface area contributed by atoms with Gasteiger partial charge in [0.2, 0.25) is 10.0 Å². The molecule has 9 heteroatoms. The monoisotopic (exact) mass is 498 g/mol. The molecule has 0 bridgehead atoms. The van der Waals surface area contributed by atoms with Crippen LogP contribution in [0.4, 0.5) is 4.39 Å². The number of hydrogen-bond donors (Lipinski definition) is 1. The summed E-state index contributed by atoms with van der Waals surface area (Å²) < 4.78 is 40.2. The molecule has 0 unspecified atom stereocenters. The van der Waals surface area contributed by atoms with Crippen LogP contribution >= 0.6 is 0 Å². The van der Waals surface area contributed by atoms with Crippen LogP contribution < -0.4 is 0 Å². The van der Waals surface area contributed by atoms with Gasteiger partial charge < -0.3 is 4.90 Å². The summed E-state index contributed by atoms with van der Waals surface area (Å²) in [6.45, 7) is 1.73. The molecule has 35 heavy (non-hydrogen) atoms. The maximum absolute atomic E-state index is 13.4. The maximum atomic E-state index is 13.4. The van der Waals surface area contributed by atoms with Gasteiger partial charge in [0.25, 0.3) is 5.91 Å². The van der Waals surface area contributed by atoms with E-state index in [1.165, 1.54) is 28.6 Å². The quantitative estimate of drug-likeness (QED) is 0.418. The Hall–Kier alpha value is -3.04. The fourth-order valence-corrected chi connectivity index (χ4v) is 5.81. The number of carbonyl (C=O) groups excluding carboxylic acids is 1. The van der Waals surface area contributed by atoms with Crippen LogP contribution in [0.1, 0.15) is 48.2 Å². The summed E-state index contributed by atoms with van der Waals surface area (Å²) in [7, 11) is -1.72. The maximum Gasteiger partial charge on any atom is 0.253 e. The number of H-pyrrole nitrogens is 1. The molecule has 1 aliphatic heterocycles. The number of unbranched alkanes of at least 4 members (excludes halogenated alkanes) is 2. The van der Waals surface area contributed by atoms with Crippen molar-refractivity contribution < 1.29 is 17.6 Å². The molecule has 0 saturated carbocycles. The van der Waals surface area contributed by atoms with E-state index in [0.717, 1.165) is 55.5 Å². The number of rotatable bonds is 10. The number of aryl methyl sites for hydroxylation is 1. The Morgan fingerprint density at radius 1 is 1.06 bits per heavy atom. The van der Waals surface area contributed by atoms with Crippen LogP contribution in [0.2, 0.25) is 0 Å². The zero-order valence-corrected chi connectivity index (χ0v) is 20.7. The van der Waals surface area contributed by atoms with Crippen molar-refractivity contribution in [1.29, 1.82) is 0 Å². The van der Waals surface area contributed by atoms with Gasteiger partial charge >= 0.3 is 0 Å². The van der Waals surface area contributed by atoms with Gasteiger partial charge in [-0.25, -0.2) is 12.8 Å². The number of sulfonamides is 1. The van der Waals surface area contributed by atoms with E-state index < -0.39 is 10.0 Å². The zero-order valence-electron chi connectivity index (χ0n) is 19.9. The van der Waals surface area contributed by atoms with Crippen LogP contribution in [0, 0.1) is 5.82 Å². The number of benzene rings is 2. The van der Waals surface area contributed by atoms with Gasteiger partial charge in [-0.3, -0.25) is 9.89 Å². The Kier molecular flexibility index (Phi) is 7.97. The Labute approximate surface area is 206 Å². The van der Waals surface area contributed by atoms with Gasteiger partial charge in [0.15, 0.2) is 0 Å². The van der Waals surface area contributed by atoms with Crippen molar-refractivity contribution in [2.45, 2.75) is 43.4 Å². The lowest BCUT2D eigenvalue weighted by Gasteiger charge is -2.18. The molecular formula is C26H31FN4O3S. The first-order valence-electron chi connectivity index (χ1n) is 12.0. The molecule has 1 N–H and O–H groups in total. The molecule has 2 aromatic carbocycles. The van der Waals surface area contributed by atoms with Crippen molar-refractivity contribution in [3.8, 4) is 11.3 Å². The summed E-state index contributed by atoms with van der Waals surface area (Å²) in [6, 6.07) is 14.6. The summed E-state index contributed by atoms with van der Waals surface area (Å²) in [6.07, 6.45) is 5.34. The average Bonchev–Trinajstić information content (AvgIpc) is 3.56. The van der Waals surface area contributed by atoms with E-state index in [4.69, 9.17) is 0 Å². The third-order valence-electron chi connectivity index (χ3n) is 6.34. The van der Waals surface area contributed by atoms with Crippen molar-refractivity contribution in [2.24, 2.45) is 0 Å². The molecule has 1 saturated heterocycles. The molecule has 1 fully saturated rings. The second kappa shape index (κ2) is 11.1. The molecule has 1 aromatic heterocycles. The summed E-state index contributed by atoms with van der Waals surface area (Å²) in [5.41, 5.74) is 2.95. The number of halogens is 1. The first-order valence-corrected chi connectivity index (χ1v) is 13.4. The zero-order chi connectivity index (χ0) is 24.8. The number of aromatic amines is 1. The molecule has 1 amide bonds. The smallest absolute Gasteiger partial charge is 0.253 e. The second-order valence-corrected chi connectivity index (χ2v) is 10.9. The first-order chi connectivity index (χ1) is 16.8. The Morgan fingerprint density at radius 3 is 2.51 bits per heavy atom. The summed E-state index contributed by atoms with van der Waals surface area (Å²) >= 11 is 0. The van der Waals surface area contributed by atoms with E-state index in [1.54, 1.807) is 30.1 Å². The molecule has 4 rings (SSSR count). The number of nitrogens with one attached hydrogen (secondary N) is 1. The fraction of sp³-hybridized carbons (Fsp3) is 0.385. The normalized spacial score (nSPS) is 14.3. The van der Waals surface area contributed by atoms with Crippen LogP contribution in [0.5, 0.6) is 0 Å². The average molecular weight is 499 g/mol. The second-order valence-electron chi connectivity index (χ2n) is 8.96. The molecule has 0 atom stereocenters. The number of aromatic nitrogens is 2. The van der Waals surface area contributed by atoms with E-state index in [2.05, 4.69) is 10.2 Å². The summed E-state index contributed by atoms with van der Waals surface area (Å²) in [4.78, 5) is 14.6. The minimum Gasteiger partial charge on any atom is -0.342 e. The standard InChI is InChI=1S/C26H31FN4O3S/c1-30(26(32)20-11-13-24(14-12-20)35(33,34)31-16-5-6-17-31)15-4-2-3-10-23-19-25(29-28-23)21-8-7-9-22(27)18-21/h7-9,11-14,18-19H,2-6,10,15-17H2,1H3,(H,28,29). The van der Waals surface area contributed by atoms with E-state index in [1.807, 2.05) is 12.1 Å². The van der Waals surface area contributed by atoms with Gasteiger partial charge in [0, 0.05) is 43.5 Å². The number of hydrogen-bond acceptors (Lipinski definition) is 4. The molecule has 2 heterocycles. The topological polar surface area (TPSA) is 86.4 Å². The minimum atomic E-state index is -3.48. The van der Waals surface area contributed by atoms with Crippen molar-refractivity contribution in [1.82, 2.24) is 19.4 Å². The third kappa shape index (κ3) is 6.15. The highest BCUT2D eigenvalue weighted by molar-refractivity contribution is 7.89. The van der Waals surface area contributed by atoms with E-state index >= 15 is 0 Å². The van der Waals surface area contributed by atoms with Crippen molar-refractivity contribution in [2.75, 3.05) is 26.7 Å². The largest absolute Gasteiger partial charge is 0.342 e. The third-order valence-corrected chi connectivity index (χ3v) is 8.25. The number of nitrogens with zero attached hydrogens (tertiary/aromatic N) is 3. The molecule has 1 aliphatic rings. The lowest BCUT2D eigenvalue weighted by Crippen LogP contribution is -2.29. The van der Waals surface area contributed by atoms with Gasteiger partial charge in [-0.2, -0.15) is 9.40 Å². The fourth-order valence-electron chi connectivity index (χ4n) is 4.30. The lowest BCUT2D eigenvalue weighted by atomic mass is 10.1. The van der Waals surface area contributed by atoms with Crippen LogP contribution in [-0.2, 0) is 16.4 Å². The molecule has 7 nitrogen and oxygen atoms in total. The van der Waals surface area contributed by atoms with Crippen molar-refractivity contribution in [3.63, 3.8) is 0 Å². The van der Waals surface area contributed by atoms with E-state index in [0.29, 0.717) is 25.2 Å². The van der Waals surface area contributed by atoms with E-state index in [-0.39, 0.29) is 16.6 Å². The van der Waals surface area contributed by atoms with E-state index in [9.17, 15) is 17.6 Å². The molecular weight excluding hydrogens is 467 g/mol. The van der Waals surface area contributed by atoms with Gasteiger partial charge in [0.1, 0.15) is 5.82 Å². The highest BCUT2D eigenvalue weighted by atomic mass is 32.2. The minimum absolute atomic E-state index is 0.122. The lowest BCUT2D eigenvalue weighted by molar-refractivity contribution is 0.0792. The predicted molar refractivity (Wildman–Crippen MR) is 133 cm³/mol. The Bertz CT molecular complexity index is 1250. The van der Waals surface area contributed by atoms with Crippen LogP contribution in [0.25, 0.3) is 11.3 Å². The molecule has 0 aliphatic carbocycles. The SMILES string of the molecule is CN(CCCCCc1cc(-c2cccc(F)c2)n[nH]1)C(=O)c1ccc(S(=O)(=O)N2CCCC2)cc1. The van der Waals surface area contributed by atoms with Gasteiger partial charge in [-0.1, -0.05) is 18.6 Å². The molecule has 0 spiro atoms. The summed E-state index contributed by atoms with van der Waals surface area (Å²) in [5, 5.41) is 7.28. The van der Waals surface area contributed by atoms with Crippen molar-refractivity contribution >= 4 is 15.9 Å². The first kappa shape index (κ1) is 25.1. The van der Waals surface area contributed by atoms with Gasteiger partial charge in [0.05, 0.1) is 10.6 Å². The number of amides is 1. The highest BCUT2D eigenvalue weighted by Crippen LogP contribution is 2.22. The van der Waals surface area contributed by atoms with Gasteiger partial charge in [-0.05, 0) is 74.6 Å².